The average Bonchev–Trinajstić information content (AvgIpc) is 2.21. The molecular weight excluding hydrogens is 216 g/mol. The fraction of sp³-hybridized carbons (Fsp3) is 0.846. The van der Waals surface area contributed by atoms with Crippen molar-refractivity contribution in [2.24, 2.45) is 11.8 Å². The first kappa shape index (κ1) is 15.7. The highest BCUT2D eigenvalue weighted by Crippen LogP contribution is 2.25. The summed E-state index contributed by atoms with van der Waals surface area (Å²) >= 11 is 0. The highest BCUT2D eigenvalue weighted by Gasteiger charge is 2.27. The first-order valence-electron chi connectivity index (χ1n) is 6.26. The number of hydrogen-bond acceptors (Lipinski definition) is 2. The number of aliphatic hydroxyl groups is 1. The van der Waals surface area contributed by atoms with Crippen molar-refractivity contribution in [1.29, 1.82) is 0 Å². The lowest BCUT2D eigenvalue weighted by Crippen LogP contribution is -2.32. The molecule has 0 bridgehead atoms. The van der Waals surface area contributed by atoms with E-state index in [1.807, 2.05) is 19.9 Å². The molecule has 0 aliphatic carbocycles. The van der Waals surface area contributed by atoms with E-state index in [1.165, 1.54) is 0 Å². The van der Waals surface area contributed by atoms with Crippen LogP contribution in [-0.4, -0.2) is 19.5 Å². The maximum atomic E-state index is 10.2. The molecule has 96 valence electrons. The summed E-state index contributed by atoms with van der Waals surface area (Å²) in [7, 11) is -1.57. The summed E-state index contributed by atoms with van der Waals surface area (Å²) in [6, 6.07) is 0. The van der Waals surface area contributed by atoms with Crippen LogP contribution in [0.3, 0.4) is 0 Å². The molecule has 0 rings (SSSR count). The van der Waals surface area contributed by atoms with Gasteiger partial charge in [-0.15, -0.1) is 0 Å². The van der Waals surface area contributed by atoms with Gasteiger partial charge in [0, 0.05) is 5.92 Å². The van der Waals surface area contributed by atoms with Crippen LogP contribution in [0.15, 0.2) is 11.8 Å². The lowest BCUT2D eigenvalue weighted by atomic mass is 9.90. The van der Waals surface area contributed by atoms with E-state index in [9.17, 15) is 5.11 Å². The van der Waals surface area contributed by atoms with Gasteiger partial charge in [0.2, 0.25) is 8.32 Å². The maximum Gasteiger partial charge on any atom is 0.241 e. The van der Waals surface area contributed by atoms with E-state index in [1.54, 1.807) is 0 Å². The molecule has 0 aliphatic heterocycles. The monoisotopic (exact) mass is 244 g/mol. The van der Waals surface area contributed by atoms with Crippen molar-refractivity contribution in [2.45, 2.75) is 59.9 Å². The summed E-state index contributed by atoms with van der Waals surface area (Å²) in [5.74, 6) is 1.36. The van der Waals surface area contributed by atoms with E-state index in [0.29, 0.717) is 5.92 Å². The molecule has 1 N–H and O–H groups in total. The zero-order valence-electron chi connectivity index (χ0n) is 11.9. The van der Waals surface area contributed by atoms with Gasteiger partial charge in [0.25, 0.3) is 0 Å². The fourth-order valence-corrected chi connectivity index (χ4v) is 2.68. The second kappa shape index (κ2) is 6.45. The molecule has 0 unspecified atom stereocenters. The summed E-state index contributed by atoms with van der Waals surface area (Å²) in [4.78, 5) is 0. The molecule has 0 amide bonds. The Morgan fingerprint density at radius 1 is 1.31 bits per heavy atom. The van der Waals surface area contributed by atoms with Gasteiger partial charge in [-0.25, -0.2) is 0 Å². The van der Waals surface area contributed by atoms with Crippen LogP contribution in [0.4, 0.5) is 0 Å². The van der Waals surface area contributed by atoms with Gasteiger partial charge in [-0.05, 0) is 32.5 Å². The molecule has 2 nitrogen and oxygen atoms in total. The first-order valence-corrected chi connectivity index (χ1v) is 9.67. The van der Waals surface area contributed by atoms with Crippen molar-refractivity contribution >= 4 is 8.32 Å². The van der Waals surface area contributed by atoms with Gasteiger partial charge in [0.15, 0.2) is 0 Å². The lowest BCUT2D eigenvalue weighted by Gasteiger charge is -2.30. The van der Waals surface area contributed by atoms with Crippen molar-refractivity contribution in [3.05, 3.63) is 11.8 Å². The minimum absolute atomic E-state index is 0.0895. The largest absolute Gasteiger partial charge is 0.547 e. The second-order valence-corrected chi connectivity index (χ2v) is 10.00. The van der Waals surface area contributed by atoms with Crippen LogP contribution in [-0.2, 0) is 4.43 Å². The van der Waals surface area contributed by atoms with E-state index < -0.39 is 8.32 Å². The molecule has 0 aromatic carbocycles. The molecule has 0 aromatic rings. The topological polar surface area (TPSA) is 29.5 Å². The molecule has 3 atom stereocenters. The predicted molar refractivity (Wildman–Crippen MR) is 72.8 cm³/mol. The van der Waals surface area contributed by atoms with Gasteiger partial charge in [-0.3, -0.25) is 0 Å². The van der Waals surface area contributed by atoms with E-state index in [-0.39, 0.29) is 12.0 Å². The number of aliphatic hydroxyl groups excluding tert-OH is 1. The normalized spacial score (nSPS) is 19.1. The van der Waals surface area contributed by atoms with Gasteiger partial charge in [-0.1, -0.05) is 33.3 Å². The molecule has 0 aromatic heterocycles. The van der Waals surface area contributed by atoms with Crippen molar-refractivity contribution in [1.82, 2.24) is 0 Å². The molecule has 3 heteroatoms. The quantitative estimate of drug-likeness (QED) is 0.569. The molecule has 16 heavy (non-hydrogen) atoms. The van der Waals surface area contributed by atoms with Gasteiger partial charge in [0.1, 0.15) is 0 Å². The van der Waals surface area contributed by atoms with Crippen molar-refractivity contribution < 1.29 is 9.53 Å². The molecule has 0 radical (unpaired) electrons. The van der Waals surface area contributed by atoms with Crippen molar-refractivity contribution in [3.8, 4) is 0 Å². The Kier molecular flexibility index (Phi) is 6.34. The highest BCUT2D eigenvalue weighted by atomic mass is 28.4. The summed E-state index contributed by atoms with van der Waals surface area (Å²) in [6.45, 7) is 14.7. The third-order valence-corrected chi connectivity index (χ3v) is 3.74. The minimum Gasteiger partial charge on any atom is -0.547 e. The fourth-order valence-electron chi connectivity index (χ4n) is 1.67. The Balaban J connectivity index is 4.61. The Bertz CT molecular complexity index is 231. The van der Waals surface area contributed by atoms with Gasteiger partial charge >= 0.3 is 0 Å². The van der Waals surface area contributed by atoms with Crippen molar-refractivity contribution in [2.75, 3.05) is 0 Å². The van der Waals surface area contributed by atoms with Crippen LogP contribution in [0.2, 0.25) is 19.6 Å². The Morgan fingerprint density at radius 3 is 2.12 bits per heavy atom. The van der Waals surface area contributed by atoms with Gasteiger partial charge < -0.3 is 9.53 Å². The molecule has 0 heterocycles. The molecule has 0 aliphatic rings. The summed E-state index contributed by atoms with van der Waals surface area (Å²) in [5, 5.41) is 10.2. The second-order valence-electron chi connectivity index (χ2n) is 5.57. The number of rotatable bonds is 6. The molecular formula is C13H28O2Si. The standard InChI is InChI=1S/C13H28O2Si/c1-8-10(3)13(14)11(4)12(9-2)15-16(5,6)7/h9-11,13-14H,8H2,1-7H3/b12-9+/t10-,11+,13-/m1/s1. The van der Waals surface area contributed by atoms with Crippen LogP contribution < -0.4 is 0 Å². The Labute approximate surface area is 102 Å². The molecule has 0 saturated heterocycles. The van der Waals surface area contributed by atoms with Crippen LogP contribution in [0.1, 0.15) is 34.1 Å². The third-order valence-electron chi connectivity index (χ3n) is 2.90. The van der Waals surface area contributed by atoms with E-state index in [4.69, 9.17) is 4.43 Å². The SMILES string of the molecule is C/C=C(/O[Si](C)(C)C)[C@H](C)[C@H](O)[C@H](C)CC. The summed E-state index contributed by atoms with van der Waals surface area (Å²) in [6.07, 6.45) is 2.68. The zero-order valence-corrected chi connectivity index (χ0v) is 12.9. The van der Waals surface area contributed by atoms with E-state index in [0.717, 1.165) is 12.2 Å². The third kappa shape index (κ3) is 5.17. The average molecular weight is 244 g/mol. The van der Waals surface area contributed by atoms with Gasteiger partial charge in [-0.2, -0.15) is 0 Å². The molecule has 0 spiro atoms. The minimum atomic E-state index is -1.57. The van der Waals surface area contributed by atoms with Crippen LogP contribution >= 0.6 is 0 Å². The zero-order chi connectivity index (χ0) is 12.9. The maximum absolute atomic E-state index is 10.2. The summed E-state index contributed by atoms with van der Waals surface area (Å²) in [5.41, 5.74) is 0. The number of allylic oxidation sites excluding steroid dienone is 1. The first-order chi connectivity index (χ1) is 7.22. The van der Waals surface area contributed by atoms with E-state index in [2.05, 4.69) is 33.5 Å². The smallest absolute Gasteiger partial charge is 0.241 e. The Morgan fingerprint density at radius 2 is 1.81 bits per heavy atom. The molecule has 0 fully saturated rings. The lowest BCUT2D eigenvalue weighted by molar-refractivity contribution is 0.0621. The van der Waals surface area contributed by atoms with Crippen LogP contribution in [0, 0.1) is 11.8 Å². The van der Waals surface area contributed by atoms with E-state index >= 15 is 0 Å². The highest BCUT2D eigenvalue weighted by molar-refractivity contribution is 6.70. The summed E-state index contributed by atoms with van der Waals surface area (Å²) < 4.78 is 6.00. The molecule has 0 saturated carbocycles. The van der Waals surface area contributed by atoms with Gasteiger partial charge in [0.05, 0.1) is 11.9 Å². The van der Waals surface area contributed by atoms with Crippen molar-refractivity contribution in [3.63, 3.8) is 0 Å². The Hall–Kier alpha value is -0.283. The van der Waals surface area contributed by atoms with Crippen LogP contribution in [0.5, 0.6) is 0 Å². The number of hydrogen-bond donors (Lipinski definition) is 1. The predicted octanol–water partition coefficient (Wildman–Crippen LogP) is 3.78. The van der Waals surface area contributed by atoms with Crippen LogP contribution in [0.25, 0.3) is 0 Å².